The fraction of sp³-hybridized carbons (Fsp3) is 0.333. The van der Waals surface area contributed by atoms with Gasteiger partial charge >= 0.3 is 0 Å². The number of benzene rings is 1. The second kappa shape index (κ2) is 5.33. The molecule has 0 aliphatic rings. The summed E-state index contributed by atoms with van der Waals surface area (Å²) in [5, 5.41) is 0. The third kappa shape index (κ3) is 3.54. The molecule has 0 spiro atoms. The predicted molar refractivity (Wildman–Crippen MR) is 53.2 cm³/mol. The van der Waals surface area contributed by atoms with Gasteiger partial charge in [0.2, 0.25) is 0 Å². The van der Waals surface area contributed by atoms with Gasteiger partial charge in [0.1, 0.15) is 0 Å². The highest BCUT2D eigenvalue weighted by atomic mass is 79.9. The second-order valence-electron chi connectivity index (χ2n) is 2.38. The Bertz CT molecular complexity index is 210. The Morgan fingerprint density at radius 1 is 1.36 bits per heavy atom. The molecule has 0 aliphatic heterocycles. The van der Waals surface area contributed by atoms with Crippen molar-refractivity contribution in [2.75, 3.05) is 0 Å². The summed E-state index contributed by atoms with van der Waals surface area (Å²) in [6.07, 6.45) is 2.40. The topological polar surface area (TPSA) is 35.0 Å². The quantitative estimate of drug-likeness (QED) is 0.805. The maximum atomic E-state index is 3.43. The van der Waals surface area contributed by atoms with Gasteiger partial charge in [-0.15, -0.1) is 0 Å². The van der Waals surface area contributed by atoms with Crippen LogP contribution in [0.2, 0.25) is 0 Å². The molecule has 1 aromatic carbocycles. The molecule has 62 valence electrons. The molecule has 0 amide bonds. The molecule has 0 saturated carbocycles. The van der Waals surface area contributed by atoms with Gasteiger partial charge in [-0.05, 0) is 24.1 Å². The minimum absolute atomic E-state index is 0. The van der Waals surface area contributed by atoms with Gasteiger partial charge < -0.3 is 6.15 Å². The summed E-state index contributed by atoms with van der Waals surface area (Å²) in [6, 6.07) is 8.46. The van der Waals surface area contributed by atoms with Crippen LogP contribution >= 0.6 is 15.9 Å². The highest BCUT2D eigenvalue weighted by Gasteiger charge is 1.89. The fourth-order valence-electron chi connectivity index (χ4n) is 0.981. The van der Waals surface area contributed by atoms with Gasteiger partial charge in [-0.3, -0.25) is 0 Å². The van der Waals surface area contributed by atoms with E-state index in [1.807, 2.05) is 0 Å². The molecule has 0 unspecified atom stereocenters. The molecular formula is C9H14BrN. The summed E-state index contributed by atoms with van der Waals surface area (Å²) in [4.78, 5) is 0. The molecule has 0 fully saturated rings. The Morgan fingerprint density at radius 3 is 2.64 bits per heavy atom. The van der Waals surface area contributed by atoms with Gasteiger partial charge in [-0.2, -0.15) is 0 Å². The minimum Gasteiger partial charge on any atom is -0.344 e. The third-order valence-corrected chi connectivity index (χ3v) is 1.92. The highest BCUT2D eigenvalue weighted by Crippen LogP contribution is 2.12. The Hall–Kier alpha value is -0.340. The van der Waals surface area contributed by atoms with Crippen molar-refractivity contribution < 1.29 is 0 Å². The van der Waals surface area contributed by atoms with E-state index < -0.39 is 0 Å². The van der Waals surface area contributed by atoms with Crippen molar-refractivity contribution in [3.05, 3.63) is 34.3 Å². The largest absolute Gasteiger partial charge is 0.344 e. The average molecular weight is 216 g/mol. The molecule has 0 bridgehead atoms. The Balaban J connectivity index is 0.000001000. The van der Waals surface area contributed by atoms with Crippen molar-refractivity contribution in [2.45, 2.75) is 19.8 Å². The lowest BCUT2D eigenvalue weighted by Gasteiger charge is -1.96. The van der Waals surface area contributed by atoms with Gasteiger partial charge in [0.25, 0.3) is 0 Å². The van der Waals surface area contributed by atoms with E-state index in [9.17, 15) is 0 Å². The molecule has 0 radical (unpaired) electrons. The Labute approximate surface area is 76.5 Å². The number of rotatable bonds is 2. The first-order valence-corrected chi connectivity index (χ1v) is 4.36. The van der Waals surface area contributed by atoms with E-state index in [1.165, 1.54) is 22.9 Å². The van der Waals surface area contributed by atoms with E-state index in [0.29, 0.717) is 0 Å². The SMILES string of the molecule is CCCc1cccc(Br)c1.N. The molecule has 2 heteroatoms. The molecule has 1 nitrogen and oxygen atoms in total. The summed E-state index contributed by atoms with van der Waals surface area (Å²) in [7, 11) is 0. The van der Waals surface area contributed by atoms with Crippen molar-refractivity contribution in [3.63, 3.8) is 0 Å². The van der Waals surface area contributed by atoms with Crippen LogP contribution in [0.5, 0.6) is 0 Å². The summed E-state index contributed by atoms with van der Waals surface area (Å²) < 4.78 is 1.18. The molecule has 1 rings (SSSR count). The number of hydrogen-bond acceptors (Lipinski definition) is 1. The van der Waals surface area contributed by atoms with E-state index in [4.69, 9.17) is 0 Å². The van der Waals surface area contributed by atoms with Crippen molar-refractivity contribution in [1.29, 1.82) is 0 Å². The fourth-order valence-corrected chi connectivity index (χ4v) is 1.43. The summed E-state index contributed by atoms with van der Waals surface area (Å²) in [5.74, 6) is 0. The van der Waals surface area contributed by atoms with E-state index in [1.54, 1.807) is 0 Å². The van der Waals surface area contributed by atoms with Crippen LogP contribution in [-0.4, -0.2) is 0 Å². The normalized spacial score (nSPS) is 8.91. The monoisotopic (exact) mass is 215 g/mol. The average Bonchev–Trinajstić information content (AvgIpc) is 1.88. The van der Waals surface area contributed by atoms with Crippen molar-refractivity contribution >= 4 is 15.9 Å². The first kappa shape index (κ1) is 10.7. The van der Waals surface area contributed by atoms with Crippen LogP contribution in [0, 0.1) is 0 Å². The van der Waals surface area contributed by atoms with Gasteiger partial charge in [-0.1, -0.05) is 41.4 Å². The highest BCUT2D eigenvalue weighted by molar-refractivity contribution is 9.10. The van der Waals surface area contributed by atoms with E-state index in [2.05, 4.69) is 47.1 Å². The van der Waals surface area contributed by atoms with Crippen LogP contribution in [-0.2, 0) is 6.42 Å². The maximum Gasteiger partial charge on any atom is 0.0177 e. The zero-order valence-corrected chi connectivity index (χ0v) is 8.39. The Kier molecular flexibility index (Phi) is 5.16. The molecule has 1 aromatic rings. The van der Waals surface area contributed by atoms with E-state index >= 15 is 0 Å². The van der Waals surface area contributed by atoms with Gasteiger partial charge in [0.05, 0.1) is 0 Å². The number of halogens is 1. The molecule has 0 aliphatic carbocycles. The lowest BCUT2D eigenvalue weighted by molar-refractivity contribution is 0.921. The third-order valence-electron chi connectivity index (χ3n) is 1.43. The summed E-state index contributed by atoms with van der Waals surface area (Å²) in [6.45, 7) is 2.20. The number of hydrogen-bond donors (Lipinski definition) is 1. The molecule has 0 heterocycles. The van der Waals surface area contributed by atoms with Gasteiger partial charge in [0, 0.05) is 4.47 Å². The standard InChI is InChI=1S/C9H11Br.H3N/c1-2-4-8-5-3-6-9(10)7-8;/h3,5-7H,2,4H2,1H3;1H3. The first-order valence-electron chi connectivity index (χ1n) is 3.57. The lowest BCUT2D eigenvalue weighted by atomic mass is 10.1. The van der Waals surface area contributed by atoms with Crippen LogP contribution in [0.25, 0.3) is 0 Å². The number of aryl methyl sites for hydroxylation is 1. The lowest BCUT2D eigenvalue weighted by Crippen LogP contribution is -1.80. The minimum atomic E-state index is 0. The second-order valence-corrected chi connectivity index (χ2v) is 3.30. The Morgan fingerprint density at radius 2 is 2.09 bits per heavy atom. The van der Waals surface area contributed by atoms with Crippen molar-refractivity contribution in [1.82, 2.24) is 6.15 Å². The summed E-state index contributed by atoms with van der Waals surface area (Å²) >= 11 is 3.43. The van der Waals surface area contributed by atoms with Crippen molar-refractivity contribution in [3.8, 4) is 0 Å². The molecule has 0 aromatic heterocycles. The predicted octanol–water partition coefficient (Wildman–Crippen LogP) is 3.56. The zero-order valence-electron chi connectivity index (χ0n) is 6.81. The van der Waals surface area contributed by atoms with E-state index in [-0.39, 0.29) is 6.15 Å². The van der Waals surface area contributed by atoms with Crippen LogP contribution in [0.15, 0.2) is 28.7 Å². The molecule has 0 atom stereocenters. The van der Waals surface area contributed by atoms with Crippen LogP contribution in [0.3, 0.4) is 0 Å². The first-order chi connectivity index (χ1) is 4.83. The molecular weight excluding hydrogens is 202 g/mol. The smallest absolute Gasteiger partial charge is 0.0177 e. The van der Waals surface area contributed by atoms with Crippen molar-refractivity contribution in [2.24, 2.45) is 0 Å². The molecule has 3 N–H and O–H groups in total. The maximum absolute atomic E-state index is 3.43. The van der Waals surface area contributed by atoms with Gasteiger partial charge in [0.15, 0.2) is 0 Å². The molecule has 11 heavy (non-hydrogen) atoms. The van der Waals surface area contributed by atoms with Crippen LogP contribution in [0.4, 0.5) is 0 Å². The van der Waals surface area contributed by atoms with E-state index in [0.717, 1.165) is 0 Å². The van der Waals surface area contributed by atoms with Crippen LogP contribution in [0.1, 0.15) is 18.9 Å². The zero-order chi connectivity index (χ0) is 7.40. The molecule has 0 saturated heterocycles. The van der Waals surface area contributed by atoms with Gasteiger partial charge in [-0.25, -0.2) is 0 Å². The van der Waals surface area contributed by atoms with Crippen LogP contribution < -0.4 is 6.15 Å². The summed E-state index contributed by atoms with van der Waals surface area (Å²) in [5.41, 5.74) is 1.41.